The Morgan fingerprint density at radius 1 is 1.25 bits per heavy atom. The predicted octanol–water partition coefficient (Wildman–Crippen LogP) is 3.23. The summed E-state index contributed by atoms with van der Waals surface area (Å²) in [7, 11) is -1.71. The van der Waals surface area contributed by atoms with Gasteiger partial charge in [-0.1, -0.05) is 20.8 Å². The molecular formula is C15H26O4Si. The lowest BCUT2D eigenvalue weighted by molar-refractivity contribution is -0.142. The van der Waals surface area contributed by atoms with Crippen LogP contribution in [-0.4, -0.2) is 32.8 Å². The molecule has 0 fully saturated rings. The van der Waals surface area contributed by atoms with Crippen LogP contribution < -0.4 is 0 Å². The molecule has 1 atom stereocenters. The summed E-state index contributed by atoms with van der Waals surface area (Å²) in [6.45, 7) is 8.60. The molecule has 0 radical (unpaired) electrons. The van der Waals surface area contributed by atoms with Gasteiger partial charge in [0.1, 0.15) is 0 Å². The Hall–Kier alpha value is -0.943. The fourth-order valence-corrected chi connectivity index (χ4v) is 5.41. The average molecular weight is 298 g/mol. The van der Waals surface area contributed by atoms with Gasteiger partial charge < -0.3 is 9.16 Å². The zero-order valence-electron chi connectivity index (χ0n) is 13.0. The second-order valence-corrected chi connectivity index (χ2v) is 9.92. The van der Waals surface area contributed by atoms with Gasteiger partial charge in [0.15, 0.2) is 14.1 Å². The van der Waals surface area contributed by atoms with Crippen molar-refractivity contribution in [1.29, 1.82) is 0 Å². The molecule has 0 amide bonds. The molecule has 1 aliphatic rings. The first kappa shape index (κ1) is 17.1. The van der Waals surface area contributed by atoms with Crippen LogP contribution >= 0.6 is 0 Å². The molecule has 0 aromatic rings. The van der Waals surface area contributed by atoms with Crippen LogP contribution in [0.3, 0.4) is 0 Å². The van der Waals surface area contributed by atoms with E-state index in [0.29, 0.717) is 18.6 Å². The minimum absolute atomic E-state index is 0.0225. The predicted molar refractivity (Wildman–Crippen MR) is 81.0 cm³/mol. The summed E-state index contributed by atoms with van der Waals surface area (Å²) in [6, 6.07) is 3.18. The molecule has 5 heteroatoms. The van der Waals surface area contributed by atoms with Gasteiger partial charge in [-0.25, -0.2) is 0 Å². The number of rotatable bonds is 8. The SMILES string of the molecule is CCOC(=O)CC1=C[C@@H](O[Si](CC)(CC)CC)CC1=O. The van der Waals surface area contributed by atoms with Gasteiger partial charge in [-0.3, -0.25) is 9.59 Å². The van der Waals surface area contributed by atoms with Crippen LogP contribution in [0.25, 0.3) is 0 Å². The molecule has 0 aromatic heterocycles. The van der Waals surface area contributed by atoms with Crippen LogP contribution in [0.1, 0.15) is 40.5 Å². The maximum absolute atomic E-state index is 11.9. The third-order valence-electron chi connectivity index (χ3n) is 4.11. The summed E-state index contributed by atoms with van der Waals surface area (Å²) in [6.07, 6.45) is 2.15. The van der Waals surface area contributed by atoms with Crippen LogP contribution in [0.5, 0.6) is 0 Å². The highest BCUT2D eigenvalue weighted by molar-refractivity contribution is 6.73. The Balaban J connectivity index is 2.68. The van der Waals surface area contributed by atoms with Crippen molar-refractivity contribution in [3.63, 3.8) is 0 Å². The van der Waals surface area contributed by atoms with E-state index in [1.165, 1.54) is 0 Å². The first-order chi connectivity index (χ1) is 9.50. The van der Waals surface area contributed by atoms with Gasteiger partial charge in [0, 0.05) is 12.0 Å². The number of ether oxygens (including phenoxy) is 1. The zero-order chi connectivity index (χ0) is 15.2. The first-order valence-corrected chi connectivity index (χ1v) is 10.1. The highest BCUT2D eigenvalue weighted by Crippen LogP contribution is 2.29. The van der Waals surface area contributed by atoms with Crippen molar-refractivity contribution < 1.29 is 18.8 Å². The van der Waals surface area contributed by atoms with E-state index >= 15 is 0 Å². The molecule has 0 aromatic carbocycles. The Labute approximate surface area is 122 Å². The lowest BCUT2D eigenvalue weighted by Crippen LogP contribution is -2.39. The Bertz CT molecular complexity index is 377. The number of carbonyl (C=O) groups is 2. The van der Waals surface area contributed by atoms with E-state index in [1.807, 2.05) is 6.08 Å². The Morgan fingerprint density at radius 2 is 1.85 bits per heavy atom. The maximum atomic E-state index is 11.9. The van der Waals surface area contributed by atoms with Crippen LogP contribution in [0.2, 0.25) is 18.1 Å². The Morgan fingerprint density at radius 3 is 2.35 bits per heavy atom. The van der Waals surface area contributed by atoms with E-state index in [2.05, 4.69) is 20.8 Å². The number of carbonyl (C=O) groups excluding carboxylic acids is 2. The van der Waals surface area contributed by atoms with Crippen molar-refractivity contribution in [2.24, 2.45) is 0 Å². The van der Waals surface area contributed by atoms with Crippen LogP contribution in [0, 0.1) is 0 Å². The number of hydrogen-bond acceptors (Lipinski definition) is 4. The third kappa shape index (κ3) is 4.28. The lowest BCUT2D eigenvalue weighted by Gasteiger charge is -2.30. The largest absolute Gasteiger partial charge is 0.466 e. The molecule has 0 heterocycles. The lowest BCUT2D eigenvalue weighted by atomic mass is 10.1. The van der Waals surface area contributed by atoms with Crippen molar-refractivity contribution in [2.45, 2.75) is 64.8 Å². The molecule has 0 N–H and O–H groups in total. The standard InChI is InChI=1S/C15H26O4Si/c1-5-18-15(17)10-12-9-13(11-14(12)16)19-20(6-2,7-3)8-4/h9,13H,5-8,10-11H2,1-4H3/t13-/m1/s1. The van der Waals surface area contributed by atoms with Crippen molar-refractivity contribution >= 4 is 20.1 Å². The summed E-state index contributed by atoms with van der Waals surface area (Å²) in [5.74, 6) is -0.313. The van der Waals surface area contributed by atoms with Gasteiger partial charge >= 0.3 is 5.97 Å². The number of esters is 1. The molecule has 0 spiro atoms. The maximum Gasteiger partial charge on any atom is 0.310 e. The fraction of sp³-hybridized carbons (Fsp3) is 0.733. The van der Waals surface area contributed by atoms with Crippen LogP contribution in [-0.2, 0) is 18.8 Å². The molecule has 0 aliphatic heterocycles. The molecule has 4 nitrogen and oxygen atoms in total. The molecule has 1 rings (SSSR count). The fourth-order valence-electron chi connectivity index (χ4n) is 2.61. The summed E-state index contributed by atoms with van der Waals surface area (Å²) in [5.41, 5.74) is 0.555. The molecule has 20 heavy (non-hydrogen) atoms. The summed E-state index contributed by atoms with van der Waals surface area (Å²) < 4.78 is 11.2. The third-order valence-corrected chi connectivity index (χ3v) is 8.78. The zero-order valence-corrected chi connectivity index (χ0v) is 14.0. The monoisotopic (exact) mass is 298 g/mol. The van der Waals surface area contributed by atoms with E-state index in [4.69, 9.17) is 9.16 Å². The van der Waals surface area contributed by atoms with Gasteiger partial charge in [0.2, 0.25) is 0 Å². The van der Waals surface area contributed by atoms with Crippen molar-refractivity contribution in [1.82, 2.24) is 0 Å². The molecular weight excluding hydrogens is 272 g/mol. The summed E-state index contributed by atoms with van der Waals surface area (Å²) in [4.78, 5) is 23.4. The van der Waals surface area contributed by atoms with Gasteiger partial charge in [-0.2, -0.15) is 0 Å². The highest BCUT2D eigenvalue weighted by atomic mass is 28.4. The topological polar surface area (TPSA) is 52.6 Å². The van der Waals surface area contributed by atoms with Crippen LogP contribution in [0.15, 0.2) is 11.6 Å². The van der Waals surface area contributed by atoms with Gasteiger partial charge in [-0.05, 0) is 31.1 Å². The minimum atomic E-state index is -1.71. The van der Waals surface area contributed by atoms with Crippen LogP contribution in [0.4, 0.5) is 0 Å². The average Bonchev–Trinajstić information content (AvgIpc) is 2.76. The van der Waals surface area contributed by atoms with Gasteiger partial charge in [-0.15, -0.1) is 0 Å². The highest BCUT2D eigenvalue weighted by Gasteiger charge is 2.35. The van der Waals surface area contributed by atoms with Gasteiger partial charge in [0.25, 0.3) is 0 Å². The van der Waals surface area contributed by atoms with E-state index < -0.39 is 8.32 Å². The molecule has 0 saturated heterocycles. The second kappa shape index (κ2) is 7.74. The quantitative estimate of drug-likeness (QED) is 0.510. The number of hydrogen-bond donors (Lipinski definition) is 0. The molecule has 0 saturated carbocycles. The molecule has 0 unspecified atom stereocenters. The number of ketones is 1. The number of Topliss-reactive ketones (excluding diaryl/α,β-unsaturated/α-hetero) is 1. The summed E-state index contributed by atoms with van der Waals surface area (Å²) >= 11 is 0. The summed E-state index contributed by atoms with van der Waals surface area (Å²) in [5, 5.41) is 0. The second-order valence-electron chi connectivity index (χ2n) is 5.20. The van der Waals surface area contributed by atoms with Gasteiger partial charge in [0.05, 0.1) is 19.1 Å². The molecule has 0 bridgehead atoms. The normalized spacial score (nSPS) is 19.1. The van der Waals surface area contributed by atoms with E-state index in [0.717, 1.165) is 18.1 Å². The van der Waals surface area contributed by atoms with Crippen molar-refractivity contribution in [2.75, 3.05) is 6.61 Å². The van der Waals surface area contributed by atoms with E-state index in [9.17, 15) is 9.59 Å². The van der Waals surface area contributed by atoms with Crippen molar-refractivity contribution in [3.8, 4) is 0 Å². The molecule has 114 valence electrons. The minimum Gasteiger partial charge on any atom is -0.466 e. The van der Waals surface area contributed by atoms with E-state index in [1.54, 1.807) is 6.92 Å². The molecule has 1 aliphatic carbocycles. The smallest absolute Gasteiger partial charge is 0.310 e. The Kier molecular flexibility index (Phi) is 6.62. The first-order valence-electron chi connectivity index (χ1n) is 7.57. The van der Waals surface area contributed by atoms with E-state index in [-0.39, 0.29) is 24.3 Å². The van der Waals surface area contributed by atoms with Crippen molar-refractivity contribution in [3.05, 3.63) is 11.6 Å².